The largest absolute Gasteiger partial charge is 0.480 e. The van der Waals surface area contributed by atoms with Gasteiger partial charge in [0.15, 0.2) is 0 Å². The molecule has 0 aromatic carbocycles. The summed E-state index contributed by atoms with van der Waals surface area (Å²) in [5, 5.41) is 19.8. The number of carboxylic acids is 1. The summed E-state index contributed by atoms with van der Waals surface area (Å²) < 4.78 is 4.73. The number of carbonyl (C=O) groups is 2. The first kappa shape index (κ1) is 15.3. The molecule has 0 aliphatic rings. The molecule has 1 rings (SSSR count). The van der Waals surface area contributed by atoms with Gasteiger partial charge >= 0.3 is 17.6 Å². The number of hydrogen-bond acceptors (Lipinski definition) is 7. The van der Waals surface area contributed by atoms with Crippen LogP contribution in [-0.2, 0) is 9.53 Å². The van der Waals surface area contributed by atoms with Gasteiger partial charge < -0.3 is 14.7 Å². The summed E-state index contributed by atoms with van der Waals surface area (Å²) >= 11 is 0. The van der Waals surface area contributed by atoms with Gasteiger partial charge in [0.25, 0.3) is 0 Å². The summed E-state index contributed by atoms with van der Waals surface area (Å²) in [6.45, 7) is 1.15. The highest BCUT2D eigenvalue weighted by atomic mass is 16.6. The van der Waals surface area contributed by atoms with Crippen LogP contribution in [0.2, 0.25) is 0 Å². The van der Waals surface area contributed by atoms with Crippen molar-refractivity contribution in [2.75, 3.05) is 25.1 Å². The maximum atomic E-state index is 11.7. The summed E-state index contributed by atoms with van der Waals surface area (Å²) in [5.41, 5.74) is -0.839. The fourth-order valence-electron chi connectivity index (χ4n) is 1.55. The number of nitro groups is 1. The van der Waals surface area contributed by atoms with Crippen LogP contribution in [-0.4, -0.2) is 47.2 Å². The molecule has 0 aliphatic heterocycles. The van der Waals surface area contributed by atoms with Crippen molar-refractivity contribution in [2.24, 2.45) is 0 Å². The number of pyridine rings is 1. The molecule has 20 heavy (non-hydrogen) atoms. The minimum atomic E-state index is -1.18. The summed E-state index contributed by atoms with van der Waals surface area (Å²) in [7, 11) is 1.33. The monoisotopic (exact) mass is 283 g/mol. The smallest absolute Gasteiger partial charge is 0.345 e. The van der Waals surface area contributed by atoms with Crippen LogP contribution in [0.15, 0.2) is 12.3 Å². The van der Waals surface area contributed by atoms with Crippen LogP contribution in [0, 0.1) is 10.1 Å². The molecular weight excluding hydrogens is 270 g/mol. The topological polar surface area (TPSA) is 123 Å². The molecule has 1 aromatic heterocycles. The minimum Gasteiger partial charge on any atom is -0.480 e. The highest BCUT2D eigenvalue weighted by molar-refractivity contribution is 5.96. The highest BCUT2D eigenvalue weighted by Gasteiger charge is 2.29. The molecule has 0 fully saturated rings. The van der Waals surface area contributed by atoms with Crippen LogP contribution in [0.4, 0.5) is 11.5 Å². The van der Waals surface area contributed by atoms with Crippen LogP contribution >= 0.6 is 0 Å². The van der Waals surface area contributed by atoms with E-state index in [1.807, 2.05) is 0 Å². The SMILES string of the molecule is CCOC(=O)c1ccnc(N(C)CC(=O)O)c1[N+](=O)[O-]. The van der Waals surface area contributed by atoms with Crippen molar-refractivity contribution in [1.82, 2.24) is 4.98 Å². The zero-order valence-electron chi connectivity index (χ0n) is 10.9. The first-order valence-corrected chi connectivity index (χ1v) is 5.61. The zero-order chi connectivity index (χ0) is 15.3. The van der Waals surface area contributed by atoms with Gasteiger partial charge in [-0.3, -0.25) is 14.9 Å². The van der Waals surface area contributed by atoms with Crippen LogP contribution in [0.1, 0.15) is 17.3 Å². The van der Waals surface area contributed by atoms with E-state index >= 15 is 0 Å². The third-order valence-corrected chi connectivity index (χ3v) is 2.32. The Bertz CT molecular complexity index is 545. The number of esters is 1. The molecule has 0 saturated heterocycles. The number of carboxylic acid groups (broad SMARTS) is 1. The van der Waals surface area contributed by atoms with E-state index < -0.39 is 29.1 Å². The van der Waals surface area contributed by atoms with Crippen LogP contribution in [0.5, 0.6) is 0 Å². The van der Waals surface area contributed by atoms with Crippen molar-refractivity contribution in [3.63, 3.8) is 0 Å². The highest BCUT2D eigenvalue weighted by Crippen LogP contribution is 2.29. The second kappa shape index (κ2) is 6.45. The molecule has 0 amide bonds. The number of aliphatic carboxylic acids is 1. The lowest BCUT2D eigenvalue weighted by atomic mass is 10.2. The average Bonchev–Trinajstić information content (AvgIpc) is 2.37. The molecule has 0 saturated carbocycles. The Morgan fingerprint density at radius 3 is 2.70 bits per heavy atom. The Balaban J connectivity index is 3.31. The average molecular weight is 283 g/mol. The number of ether oxygens (including phenoxy) is 1. The first-order valence-electron chi connectivity index (χ1n) is 5.61. The van der Waals surface area contributed by atoms with Gasteiger partial charge in [-0.25, -0.2) is 9.78 Å². The van der Waals surface area contributed by atoms with E-state index in [1.165, 1.54) is 13.2 Å². The number of rotatable bonds is 6. The second-order valence-electron chi connectivity index (χ2n) is 3.76. The van der Waals surface area contributed by atoms with E-state index in [-0.39, 0.29) is 18.0 Å². The van der Waals surface area contributed by atoms with Crippen molar-refractivity contribution in [3.05, 3.63) is 27.9 Å². The molecule has 9 nitrogen and oxygen atoms in total. The Morgan fingerprint density at radius 2 is 2.20 bits per heavy atom. The van der Waals surface area contributed by atoms with Gasteiger partial charge in [0.2, 0.25) is 5.82 Å². The zero-order valence-corrected chi connectivity index (χ0v) is 10.9. The van der Waals surface area contributed by atoms with Crippen LogP contribution < -0.4 is 4.90 Å². The molecule has 0 spiro atoms. The molecular formula is C11H13N3O6. The summed E-state index contributed by atoms with van der Waals surface area (Å²) in [4.78, 5) is 37.5. The van der Waals surface area contributed by atoms with Crippen molar-refractivity contribution >= 4 is 23.4 Å². The fraction of sp³-hybridized carbons (Fsp3) is 0.364. The van der Waals surface area contributed by atoms with E-state index in [1.54, 1.807) is 6.92 Å². The Hall–Kier alpha value is -2.71. The molecule has 9 heteroatoms. The van der Waals surface area contributed by atoms with Gasteiger partial charge in [-0.15, -0.1) is 0 Å². The molecule has 1 aromatic rings. The molecule has 0 aliphatic carbocycles. The van der Waals surface area contributed by atoms with E-state index in [9.17, 15) is 19.7 Å². The third-order valence-electron chi connectivity index (χ3n) is 2.32. The number of hydrogen-bond donors (Lipinski definition) is 1. The van der Waals surface area contributed by atoms with Crippen molar-refractivity contribution in [2.45, 2.75) is 6.92 Å². The molecule has 0 atom stereocenters. The number of nitrogens with zero attached hydrogens (tertiary/aromatic N) is 3. The van der Waals surface area contributed by atoms with E-state index in [4.69, 9.17) is 9.84 Å². The number of likely N-dealkylation sites (N-methyl/N-ethyl adjacent to an activating group) is 1. The Kier molecular flexibility index (Phi) is 4.95. The standard InChI is InChI=1S/C11H13N3O6/c1-3-20-11(17)7-4-5-12-10(9(7)14(18)19)13(2)6-8(15)16/h4-5H,3,6H2,1-2H3,(H,15,16). The number of aromatic nitrogens is 1. The van der Waals surface area contributed by atoms with Gasteiger partial charge in [-0.1, -0.05) is 0 Å². The second-order valence-corrected chi connectivity index (χ2v) is 3.76. The van der Waals surface area contributed by atoms with Gasteiger partial charge in [0.1, 0.15) is 12.1 Å². The van der Waals surface area contributed by atoms with E-state index in [2.05, 4.69) is 4.98 Å². The quantitative estimate of drug-likeness (QED) is 0.459. The van der Waals surface area contributed by atoms with Crippen molar-refractivity contribution < 1.29 is 24.4 Å². The number of anilines is 1. The molecule has 1 heterocycles. The summed E-state index contributed by atoms with van der Waals surface area (Å²) in [6, 6.07) is 1.16. The summed E-state index contributed by atoms with van der Waals surface area (Å²) in [5.74, 6) is -2.24. The lowest BCUT2D eigenvalue weighted by Crippen LogP contribution is -2.27. The molecule has 108 valence electrons. The third kappa shape index (κ3) is 3.40. The van der Waals surface area contributed by atoms with E-state index in [0.29, 0.717) is 0 Å². The normalized spacial score (nSPS) is 9.90. The van der Waals surface area contributed by atoms with Crippen LogP contribution in [0.25, 0.3) is 0 Å². The lowest BCUT2D eigenvalue weighted by Gasteiger charge is -2.16. The molecule has 0 radical (unpaired) electrons. The maximum Gasteiger partial charge on any atom is 0.345 e. The number of carbonyl (C=O) groups excluding carboxylic acids is 1. The Labute approximate surface area is 113 Å². The maximum absolute atomic E-state index is 11.7. The Morgan fingerprint density at radius 1 is 1.55 bits per heavy atom. The minimum absolute atomic E-state index is 0.0681. The lowest BCUT2D eigenvalue weighted by molar-refractivity contribution is -0.384. The summed E-state index contributed by atoms with van der Waals surface area (Å²) in [6.07, 6.45) is 1.19. The van der Waals surface area contributed by atoms with E-state index in [0.717, 1.165) is 11.0 Å². The van der Waals surface area contributed by atoms with Gasteiger partial charge in [0, 0.05) is 13.2 Å². The van der Waals surface area contributed by atoms with Crippen LogP contribution in [0.3, 0.4) is 0 Å². The fourth-order valence-corrected chi connectivity index (χ4v) is 1.55. The van der Waals surface area contributed by atoms with Crippen molar-refractivity contribution in [1.29, 1.82) is 0 Å². The predicted octanol–water partition coefficient (Wildman–Crippen LogP) is 0.687. The van der Waals surface area contributed by atoms with Gasteiger partial charge in [-0.05, 0) is 13.0 Å². The molecule has 0 bridgehead atoms. The van der Waals surface area contributed by atoms with Crippen molar-refractivity contribution in [3.8, 4) is 0 Å². The molecule has 1 N–H and O–H groups in total. The first-order chi connectivity index (χ1) is 9.38. The molecule has 0 unspecified atom stereocenters. The van der Waals surface area contributed by atoms with Gasteiger partial charge in [0.05, 0.1) is 11.5 Å². The van der Waals surface area contributed by atoms with Gasteiger partial charge in [-0.2, -0.15) is 0 Å². The predicted molar refractivity (Wildman–Crippen MR) is 67.8 cm³/mol.